The zero-order valence-corrected chi connectivity index (χ0v) is 13.9. The standard InChI is InChI=1S/C15H20N4O2S/c1-10-8-13(21-17-10)15(20)19-6-4-18(5-7-19)9-14-16-11(2)12(3)22-14/h8H,4-7,9H2,1-3H3. The first-order chi connectivity index (χ1) is 10.5. The number of hydrogen-bond donors (Lipinski definition) is 0. The maximum absolute atomic E-state index is 12.3. The number of piperazine rings is 1. The predicted octanol–water partition coefficient (Wildman–Crippen LogP) is 2.01. The summed E-state index contributed by atoms with van der Waals surface area (Å²) >= 11 is 1.76. The van der Waals surface area contributed by atoms with E-state index in [0.717, 1.165) is 36.0 Å². The molecule has 3 heterocycles. The van der Waals surface area contributed by atoms with Crippen LogP contribution in [0.4, 0.5) is 0 Å². The molecule has 0 atom stereocenters. The number of amides is 1. The van der Waals surface area contributed by atoms with Crippen LogP contribution in [-0.4, -0.2) is 52.0 Å². The van der Waals surface area contributed by atoms with Crippen LogP contribution in [0.25, 0.3) is 0 Å². The molecule has 1 fully saturated rings. The first kappa shape index (κ1) is 15.2. The predicted molar refractivity (Wildman–Crippen MR) is 84.0 cm³/mol. The molecule has 7 heteroatoms. The van der Waals surface area contributed by atoms with E-state index in [1.807, 2.05) is 18.7 Å². The number of carbonyl (C=O) groups is 1. The van der Waals surface area contributed by atoms with Crippen LogP contribution in [-0.2, 0) is 6.54 Å². The summed E-state index contributed by atoms with van der Waals surface area (Å²) in [5.74, 6) is 0.262. The Kier molecular flexibility index (Phi) is 4.26. The molecule has 1 amide bonds. The van der Waals surface area contributed by atoms with Gasteiger partial charge >= 0.3 is 0 Å². The highest BCUT2D eigenvalue weighted by Gasteiger charge is 2.25. The van der Waals surface area contributed by atoms with Crippen LogP contribution >= 0.6 is 11.3 Å². The Morgan fingerprint density at radius 1 is 1.27 bits per heavy atom. The maximum atomic E-state index is 12.3. The topological polar surface area (TPSA) is 62.5 Å². The van der Waals surface area contributed by atoms with Crippen molar-refractivity contribution in [2.24, 2.45) is 0 Å². The molecule has 118 valence electrons. The van der Waals surface area contributed by atoms with E-state index in [-0.39, 0.29) is 5.91 Å². The van der Waals surface area contributed by atoms with Crippen molar-refractivity contribution in [3.8, 4) is 0 Å². The summed E-state index contributed by atoms with van der Waals surface area (Å²) in [6.45, 7) is 9.97. The van der Waals surface area contributed by atoms with Crippen molar-refractivity contribution in [2.75, 3.05) is 26.2 Å². The molecule has 1 aliphatic heterocycles. The van der Waals surface area contributed by atoms with E-state index in [0.29, 0.717) is 18.8 Å². The number of nitrogens with zero attached hydrogens (tertiary/aromatic N) is 4. The Morgan fingerprint density at radius 2 is 2.00 bits per heavy atom. The van der Waals surface area contributed by atoms with E-state index in [1.54, 1.807) is 17.4 Å². The normalized spacial score (nSPS) is 16.2. The first-order valence-corrected chi connectivity index (χ1v) is 8.22. The summed E-state index contributed by atoms with van der Waals surface area (Å²) in [4.78, 5) is 22.3. The number of aromatic nitrogens is 2. The molecule has 0 aromatic carbocycles. The Morgan fingerprint density at radius 3 is 2.55 bits per heavy atom. The van der Waals surface area contributed by atoms with Gasteiger partial charge in [-0.1, -0.05) is 5.16 Å². The van der Waals surface area contributed by atoms with Crippen molar-refractivity contribution in [2.45, 2.75) is 27.3 Å². The maximum Gasteiger partial charge on any atom is 0.292 e. The smallest absolute Gasteiger partial charge is 0.292 e. The third kappa shape index (κ3) is 3.20. The van der Waals surface area contributed by atoms with Gasteiger partial charge in [0.15, 0.2) is 0 Å². The molecule has 0 radical (unpaired) electrons. The van der Waals surface area contributed by atoms with Gasteiger partial charge in [0, 0.05) is 37.1 Å². The molecule has 22 heavy (non-hydrogen) atoms. The Balaban J connectivity index is 1.55. The number of thiazole rings is 1. The van der Waals surface area contributed by atoms with Gasteiger partial charge in [0.05, 0.1) is 17.9 Å². The van der Waals surface area contributed by atoms with Crippen LogP contribution in [0.15, 0.2) is 10.6 Å². The molecule has 3 rings (SSSR count). The zero-order chi connectivity index (χ0) is 15.7. The fraction of sp³-hybridized carbons (Fsp3) is 0.533. The molecule has 1 aliphatic rings. The van der Waals surface area contributed by atoms with E-state index in [1.165, 1.54) is 4.88 Å². The van der Waals surface area contributed by atoms with Gasteiger partial charge in [-0.05, 0) is 20.8 Å². The lowest BCUT2D eigenvalue weighted by molar-refractivity contribution is 0.0588. The van der Waals surface area contributed by atoms with Gasteiger partial charge in [-0.3, -0.25) is 9.69 Å². The molecule has 2 aromatic rings. The molecule has 0 aliphatic carbocycles. The van der Waals surface area contributed by atoms with Crippen LogP contribution in [0.2, 0.25) is 0 Å². The lowest BCUT2D eigenvalue weighted by atomic mass is 10.2. The SMILES string of the molecule is Cc1cc(C(=O)N2CCN(Cc3nc(C)c(C)s3)CC2)on1. The van der Waals surface area contributed by atoms with Crippen molar-refractivity contribution in [3.63, 3.8) is 0 Å². The minimum Gasteiger partial charge on any atom is -0.351 e. The van der Waals surface area contributed by atoms with Gasteiger partial charge in [-0.15, -0.1) is 11.3 Å². The van der Waals surface area contributed by atoms with E-state index >= 15 is 0 Å². The average Bonchev–Trinajstić information content (AvgIpc) is 3.06. The van der Waals surface area contributed by atoms with Crippen LogP contribution < -0.4 is 0 Å². The van der Waals surface area contributed by atoms with Gasteiger partial charge in [0.1, 0.15) is 5.01 Å². The van der Waals surface area contributed by atoms with E-state index in [9.17, 15) is 4.79 Å². The van der Waals surface area contributed by atoms with E-state index < -0.39 is 0 Å². The van der Waals surface area contributed by atoms with E-state index in [2.05, 4.69) is 22.0 Å². The fourth-order valence-corrected chi connectivity index (χ4v) is 3.50. The van der Waals surface area contributed by atoms with Crippen molar-refractivity contribution in [3.05, 3.63) is 33.1 Å². The van der Waals surface area contributed by atoms with Crippen LogP contribution in [0.1, 0.15) is 31.8 Å². The second kappa shape index (κ2) is 6.18. The fourth-order valence-electron chi connectivity index (χ4n) is 2.53. The molecule has 0 unspecified atom stereocenters. The van der Waals surface area contributed by atoms with Crippen LogP contribution in [0, 0.1) is 20.8 Å². The second-order valence-electron chi connectivity index (χ2n) is 5.65. The second-order valence-corrected chi connectivity index (χ2v) is 6.94. The summed E-state index contributed by atoms with van der Waals surface area (Å²) in [5, 5.41) is 4.93. The molecule has 2 aromatic heterocycles. The summed E-state index contributed by atoms with van der Waals surface area (Å²) < 4.78 is 5.05. The third-order valence-corrected chi connectivity index (χ3v) is 4.99. The lowest BCUT2D eigenvalue weighted by Gasteiger charge is -2.33. The monoisotopic (exact) mass is 320 g/mol. The highest BCUT2D eigenvalue weighted by Crippen LogP contribution is 2.19. The highest BCUT2D eigenvalue weighted by atomic mass is 32.1. The minimum atomic E-state index is -0.0683. The summed E-state index contributed by atoms with van der Waals surface area (Å²) in [6.07, 6.45) is 0. The molecule has 0 spiro atoms. The number of rotatable bonds is 3. The summed E-state index contributed by atoms with van der Waals surface area (Å²) in [5.41, 5.74) is 1.85. The van der Waals surface area contributed by atoms with Gasteiger partial charge in [-0.2, -0.15) is 0 Å². The van der Waals surface area contributed by atoms with Crippen molar-refractivity contribution >= 4 is 17.2 Å². The summed E-state index contributed by atoms with van der Waals surface area (Å²) in [6, 6.07) is 1.69. The van der Waals surface area contributed by atoms with Crippen molar-refractivity contribution < 1.29 is 9.32 Å². The number of carbonyl (C=O) groups excluding carboxylic acids is 1. The van der Waals surface area contributed by atoms with Crippen molar-refractivity contribution in [1.82, 2.24) is 19.9 Å². The molecule has 6 nitrogen and oxygen atoms in total. The largest absolute Gasteiger partial charge is 0.351 e. The summed E-state index contributed by atoms with van der Waals surface area (Å²) in [7, 11) is 0. The quantitative estimate of drug-likeness (QED) is 0.866. The highest BCUT2D eigenvalue weighted by molar-refractivity contribution is 7.11. The molecule has 0 N–H and O–H groups in total. The molecular formula is C15H20N4O2S. The van der Waals surface area contributed by atoms with Crippen LogP contribution in [0.3, 0.4) is 0 Å². The van der Waals surface area contributed by atoms with Gasteiger partial charge in [0.25, 0.3) is 5.91 Å². The van der Waals surface area contributed by atoms with Gasteiger partial charge in [0.2, 0.25) is 5.76 Å². The van der Waals surface area contributed by atoms with Gasteiger partial charge in [-0.25, -0.2) is 4.98 Å². The third-order valence-electron chi connectivity index (χ3n) is 3.93. The lowest BCUT2D eigenvalue weighted by Crippen LogP contribution is -2.48. The molecule has 0 bridgehead atoms. The number of hydrogen-bond acceptors (Lipinski definition) is 6. The molecule has 0 saturated carbocycles. The zero-order valence-electron chi connectivity index (χ0n) is 13.1. The number of aryl methyl sites for hydroxylation is 3. The molecule has 1 saturated heterocycles. The van der Waals surface area contributed by atoms with Crippen LogP contribution in [0.5, 0.6) is 0 Å². The van der Waals surface area contributed by atoms with Crippen molar-refractivity contribution in [1.29, 1.82) is 0 Å². The average molecular weight is 320 g/mol. The van der Waals surface area contributed by atoms with Gasteiger partial charge < -0.3 is 9.42 Å². The minimum absolute atomic E-state index is 0.0683. The Hall–Kier alpha value is -1.73. The van der Waals surface area contributed by atoms with E-state index in [4.69, 9.17) is 4.52 Å². The first-order valence-electron chi connectivity index (χ1n) is 7.41. The Labute approximate surface area is 133 Å². The Bertz CT molecular complexity index is 651. The molecular weight excluding hydrogens is 300 g/mol.